The molecule has 0 saturated heterocycles. The Bertz CT molecular complexity index is 1530. The van der Waals surface area contributed by atoms with E-state index in [9.17, 15) is 18.0 Å². The Labute approximate surface area is 195 Å². The minimum absolute atomic E-state index is 0.0777. The van der Waals surface area contributed by atoms with Crippen LogP contribution in [0, 0.1) is 20.8 Å². The molecule has 2 heterocycles. The van der Waals surface area contributed by atoms with Crippen molar-refractivity contribution in [3.05, 3.63) is 80.7 Å². The van der Waals surface area contributed by atoms with Gasteiger partial charge in [-0.2, -0.15) is 0 Å². The van der Waals surface area contributed by atoms with E-state index in [1.807, 2.05) is 32.0 Å². The highest BCUT2D eigenvalue weighted by Gasteiger charge is 2.20. The minimum atomic E-state index is -3.79. The molecule has 2 aromatic carbocycles. The predicted molar refractivity (Wildman–Crippen MR) is 131 cm³/mol. The zero-order valence-corrected chi connectivity index (χ0v) is 20.1. The van der Waals surface area contributed by atoms with E-state index in [1.54, 1.807) is 14.0 Å². The van der Waals surface area contributed by atoms with Gasteiger partial charge in [0.15, 0.2) is 0 Å². The summed E-state index contributed by atoms with van der Waals surface area (Å²) >= 11 is 1.14. The monoisotopic (exact) mass is 482 g/mol. The molecule has 0 unspecified atom stereocenters. The zero-order valence-electron chi connectivity index (χ0n) is 18.5. The van der Waals surface area contributed by atoms with Gasteiger partial charge < -0.3 is 9.88 Å². The van der Waals surface area contributed by atoms with Crippen molar-refractivity contribution in [2.75, 3.05) is 10.0 Å². The third kappa shape index (κ3) is 4.27. The Morgan fingerprint density at radius 3 is 2.30 bits per heavy atom. The summed E-state index contributed by atoms with van der Waals surface area (Å²) in [6.07, 6.45) is 1.42. The molecule has 170 valence electrons. The number of thiophene rings is 1. The van der Waals surface area contributed by atoms with Crippen LogP contribution in [0.1, 0.15) is 26.4 Å². The van der Waals surface area contributed by atoms with Gasteiger partial charge in [0.2, 0.25) is 0 Å². The molecule has 2 N–H and O–H groups in total. The Kier molecular flexibility index (Phi) is 5.81. The van der Waals surface area contributed by atoms with E-state index >= 15 is 0 Å². The fourth-order valence-electron chi connectivity index (χ4n) is 3.50. The maximum Gasteiger partial charge on any atom is 0.266 e. The van der Waals surface area contributed by atoms with Crippen LogP contribution in [0.3, 0.4) is 0 Å². The Morgan fingerprint density at radius 2 is 1.67 bits per heavy atom. The van der Waals surface area contributed by atoms with Crippen molar-refractivity contribution in [2.24, 2.45) is 7.05 Å². The van der Waals surface area contributed by atoms with Crippen LogP contribution < -0.4 is 15.6 Å². The molecule has 33 heavy (non-hydrogen) atoms. The number of nitrogens with one attached hydrogen (secondary N) is 2. The number of benzene rings is 2. The molecule has 0 fully saturated rings. The van der Waals surface area contributed by atoms with Crippen molar-refractivity contribution < 1.29 is 13.2 Å². The minimum Gasteiger partial charge on any atom is -0.321 e. The summed E-state index contributed by atoms with van der Waals surface area (Å²) in [5.74, 6) is -0.387. The summed E-state index contributed by atoms with van der Waals surface area (Å²) in [5.41, 5.74) is 2.99. The van der Waals surface area contributed by atoms with Crippen molar-refractivity contribution in [3.8, 4) is 0 Å². The molecule has 10 heteroatoms. The highest BCUT2D eigenvalue weighted by Crippen LogP contribution is 2.28. The zero-order chi connectivity index (χ0) is 23.9. The number of nitrogens with zero attached hydrogens (tertiary/aromatic N) is 2. The molecule has 0 saturated carbocycles. The predicted octanol–water partition coefficient (Wildman–Crippen LogP) is 3.97. The van der Waals surface area contributed by atoms with Crippen molar-refractivity contribution in [3.63, 3.8) is 0 Å². The van der Waals surface area contributed by atoms with Gasteiger partial charge in [-0.3, -0.25) is 14.3 Å². The highest BCUT2D eigenvalue weighted by atomic mass is 32.2. The molecule has 8 nitrogen and oxygen atoms in total. The molecule has 0 spiro atoms. The average molecular weight is 483 g/mol. The number of amides is 1. The van der Waals surface area contributed by atoms with Gasteiger partial charge in [-0.15, -0.1) is 11.3 Å². The van der Waals surface area contributed by atoms with Crippen LogP contribution in [-0.4, -0.2) is 23.9 Å². The summed E-state index contributed by atoms with van der Waals surface area (Å²) in [6.45, 7) is 5.39. The molecule has 0 radical (unpaired) electrons. The van der Waals surface area contributed by atoms with Crippen molar-refractivity contribution in [2.45, 2.75) is 25.7 Å². The molecule has 0 aliphatic heterocycles. The Hall–Kier alpha value is -3.50. The number of aryl methyl sites for hydroxylation is 4. The van der Waals surface area contributed by atoms with Gasteiger partial charge >= 0.3 is 0 Å². The smallest absolute Gasteiger partial charge is 0.266 e. The maximum atomic E-state index is 12.8. The number of anilines is 2. The number of carbonyl (C=O) groups excluding carboxylic acids is 1. The molecule has 2 aromatic heterocycles. The largest absolute Gasteiger partial charge is 0.321 e. The van der Waals surface area contributed by atoms with E-state index in [0.717, 1.165) is 22.5 Å². The van der Waals surface area contributed by atoms with Crippen molar-refractivity contribution >= 4 is 48.9 Å². The fraction of sp³-hybridized carbons (Fsp3) is 0.174. The molecule has 0 bridgehead atoms. The number of sulfonamides is 1. The lowest BCUT2D eigenvalue weighted by Gasteiger charge is -2.13. The molecule has 0 aliphatic rings. The standard InChI is InChI=1S/C23H22N4O4S2/c1-13-6-5-7-14(2)19(13)26-33(30,31)17-10-8-16(9-11-17)25-21(28)20-15(3)18-22(32-20)24-12-27(4)23(18)29/h5-12,26H,1-4H3,(H,25,28). The number of fused-ring (bicyclic) bond motifs is 1. The van der Waals surface area contributed by atoms with E-state index in [-0.39, 0.29) is 16.4 Å². The van der Waals surface area contributed by atoms with Crippen molar-refractivity contribution in [1.29, 1.82) is 0 Å². The van der Waals surface area contributed by atoms with Gasteiger partial charge in [-0.25, -0.2) is 13.4 Å². The van der Waals surface area contributed by atoms with Crippen molar-refractivity contribution in [1.82, 2.24) is 9.55 Å². The Morgan fingerprint density at radius 1 is 1.03 bits per heavy atom. The number of hydrogen-bond acceptors (Lipinski definition) is 6. The van der Waals surface area contributed by atoms with E-state index in [0.29, 0.717) is 32.0 Å². The normalized spacial score (nSPS) is 11.5. The lowest BCUT2D eigenvalue weighted by molar-refractivity contribution is 0.103. The lowest BCUT2D eigenvalue weighted by Crippen LogP contribution is -2.17. The van der Waals surface area contributed by atoms with E-state index < -0.39 is 10.0 Å². The second-order valence-corrected chi connectivity index (χ2v) is 10.4. The van der Waals surface area contributed by atoms with Crippen LogP contribution in [0.4, 0.5) is 11.4 Å². The van der Waals surface area contributed by atoms with Crippen LogP contribution in [0.25, 0.3) is 10.2 Å². The maximum absolute atomic E-state index is 12.8. The molecule has 4 aromatic rings. The van der Waals surface area contributed by atoms with Crippen LogP contribution in [-0.2, 0) is 17.1 Å². The first-order valence-corrected chi connectivity index (χ1v) is 12.3. The van der Waals surface area contributed by atoms with Gasteiger partial charge in [0.05, 0.1) is 27.2 Å². The summed E-state index contributed by atoms with van der Waals surface area (Å²) in [4.78, 5) is 30.4. The SMILES string of the molecule is Cc1cccc(C)c1NS(=O)(=O)c1ccc(NC(=O)c2sc3ncn(C)c(=O)c3c2C)cc1. The Balaban J connectivity index is 1.56. The number of aromatic nitrogens is 2. The number of rotatable bonds is 5. The summed E-state index contributed by atoms with van der Waals surface area (Å²) in [5, 5.41) is 3.19. The fourth-order valence-corrected chi connectivity index (χ4v) is 5.74. The van der Waals surface area contributed by atoms with E-state index in [4.69, 9.17) is 0 Å². The van der Waals surface area contributed by atoms with Gasteiger partial charge in [-0.1, -0.05) is 18.2 Å². The third-order valence-corrected chi connectivity index (χ3v) is 7.92. The van der Waals surface area contributed by atoms with Crippen LogP contribution in [0.2, 0.25) is 0 Å². The van der Waals surface area contributed by atoms with Crippen LogP contribution in [0.5, 0.6) is 0 Å². The number of hydrogen-bond donors (Lipinski definition) is 2. The second kappa shape index (κ2) is 8.45. The first-order valence-electron chi connectivity index (χ1n) is 10.0. The molecular weight excluding hydrogens is 460 g/mol. The van der Waals surface area contributed by atoms with E-state index in [2.05, 4.69) is 15.0 Å². The highest BCUT2D eigenvalue weighted by molar-refractivity contribution is 7.92. The second-order valence-electron chi connectivity index (χ2n) is 7.75. The average Bonchev–Trinajstić information content (AvgIpc) is 3.11. The first kappa shape index (κ1) is 22.7. The van der Waals surface area contributed by atoms with Crippen LogP contribution >= 0.6 is 11.3 Å². The first-order chi connectivity index (χ1) is 15.6. The summed E-state index contributed by atoms with van der Waals surface area (Å²) in [6, 6.07) is 11.5. The molecule has 1 amide bonds. The van der Waals surface area contributed by atoms with Gasteiger partial charge in [-0.05, 0) is 61.7 Å². The lowest BCUT2D eigenvalue weighted by atomic mass is 10.1. The molecule has 0 aliphatic carbocycles. The third-order valence-electron chi connectivity index (χ3n) is 5.36. The molecule has 0 atom stereocenters. The topological polar surface area (TPSA) is 110 Å². The van der Waals surface area contributed by atoms with Gasteiger partial charge in [0.25, 0.3) is 21.5 Å². The summed E-state index contributed by atoms with van der Waals surface area (Å²) < 4.78 is 29.7. The molecular formula is C23H22N4O4S2. The summed E-state index contributed by atoms with van der Waals surface area (Å²) in [7, 11) is -2.19. The molecule has 4 rings (SSSR count). The van der Waals surface area contributed by atoms with E-state index in [1.165, 1.54) is 35.2 Å². The van der Waals surface area contributed by atoms with Gasteiger partial charge in [0.1, 0.15) is 4.83 Å². The van der Waals surface area contributed by atoms with Gasteiger partial charge in [0, 0.05) is 12.7 Å². The number of para-hydroxylation sites is 1. The number of carbonyl (C=O) groups is 1. The quantitative estimate of drug-likeness (QED) is 0.447. The van der Waals surface area contributed by atoms with Crippen LogP contribution in [0.15, 0.2) is 58.5 Å².